The molecule has 1 aromatic carbocycles. The number of carboxylic acids is 1. The Hall–Kier alpha value is -1.80. The van der Waals surface area contributed by atoms with Crippen molar-refractivity contribution in [2.75, 3.05) is 0 Å². The first-order valence-electron chi connectivity index (χ1n) is 5.48. The summed E-state index contributed by atoms with van der Waals surface area (Å²) in [6.07, 6.45) is 0. The molecule has 2 N–H and O–H groups in total. The lowest BCUT2D eigenvalue weighted by Gasteiger charge is -2.30. The molecule has 0 saturated carbocycles. The molecular formula is C12H13FO6S. The first kappa shape index (κ1) is 16.3. The van der Waals surface area contributed by atoms with Crippen LogP contribution >= 0.6 is 0 Å². The van der Waals surface area contributed by atoms with Crippen LogP contribution in [0.25, 0.3) is 0 Å². The van der Waals surface area contributed by atoms with Gasteiger partial charge in [-0.1, -0.05) is 18.2 Å². The standard InChI is InChI=1S/C12H13FO6S/c1-7(14)12(2,20(17,18)19)10(11(15)16)8-5-3-4-6-9(8)13/h3-6,10H,1-2H3,(H,15,16)(H,17,18,19). The Bertz CT molecular complexity index is 654. The second-order valence-electron chi connectivity index (χ2n) is 4.43. The lowest BCUT2D eigenvalue weighted by atomic mass is 9.83. The van der Waals surface area contributed by atoms with Crippen LogP contribution in [0.15, 0.2) is 24.3 Å². The maximum Gasteiger partial charge on any atom is 0.313 e. The first-order chi connectivity index (χ1) is 9.03. The van der Waals surface area contributed by atoms with Gasteiger partial charge >= 0.3 is 5.97 Å². The molecule has 0 aromatic heterocycles. The van der Waals surface area contributed by atoms with E-state index in [-0.39, 0.29) is 0 Å². The molecule has 0 fully saturated rings. The van der Waals surface area contributed by atoms with Gasteiger partial charge in [-0.05, 0) is 19.9 Å². The van der Waals surface area contributed by atoms with Crippen LogP contribution < -0.4 is 0 Å². The summed E-state index contributed by atoms with van der Waals surface area (Å²) >= 11 is 0. The molecule has 8 heteroatoms. The normalized spacial score (nSPS) is 16.2. The average Bonchev–Trinajstić information content (AvgIpc) is 2.29. The molecule has 1 rings (SSSR count). The SMILES string of the molecule is CC(=O)C(C)(C(C(=O)O)c1ccccc1F)S(=O)(=O)O. The quantitative estimate of drug-likeness (QED) is 0.792. The molecule has 6 nitrogen and oxygen atoms in total. The molecule has 0 aliphatic rings. The van der Waals surface area contributed by atoms with Crippen LogP contribution in [-0.4, -0.2) is 34.6 Å². The van der Waals surface area contributed by atoms with E-state index < -0.39 is 43.9 Å². The number of halogens is 1. The molecule has 0 saturated heterocycles. The molecule has 1 aromatic rings. The van der Waals surface area contributed by atoms with Crippen LogP contribution in [0.5, 0.6) is 0 Å². The van der Waals surface area contributed by atoms with Gasteiger partial charge in [0.1, 0.15) is 11.7 Å². The van der Waals surface area contributed by atoms with Crippen LogP contribution in [-0.2, 0) is 19.7 Å². The second-order valence-corrected chi connectivity index (χ2v) is 6.23. The largest absolute Gasteiger partial charge is 0.481 e. The van der Waals surface area contributed by atoms with Crippen LogP contribution in [0.4, 0.5) is 4.39 Å². The first-order valence-corrected chi connectivity index (χ1v) is 6.92. The van der Waals surface area contributed by atoms with Crippen molar-refractivity contribution in [2.45, 2.75) is 24.5 Å². The summed E-state index contributed by atoms with van der Waals surface area (Å²) in [5.74, 6) is -5.87. The molecule has 0 aliphatic carbocycles. The number of carboxylic acid groups (broad SMARTS) is 1. The monoisotopic (exact) mass is 304 g/mol. The van der Waals surface area contributed by atoms with Crippen LogP contribution in [0, 0.1) is 5.82 Å². The fourth-order valence-electron chi connectivity index (χ4n) is 1.91. The Labute approximate surface area is 115 Å². The van der Waals surface area contributed by atoms with Gasteiger partial charge in [0, 0.05) is 5.56 Å². The van der Waals surface area contributed by atoms with E-state index >= 15 is 0 Å². The third-order valence-corrected chi connectivity index (χ3v) is 4.84. The number of aliphatic carboxylic acids is 1. The van der Waals surface area contributed by atoms with Crippen LogP contribution in [0.3, 0.4) is 0 Å². The van der Waals surface area contributed by atoms with Gasteiger partial charge in [-0.2, -0.15) is 8.42 Å². The molecule has 0 aliphatic heterocycles. The lowest BCUT2D eigenvalue weighted by molar-refractivity contribution is -0.141. The predicted molar refractivity (Wildman–Crippen MR) is 67.4 cm³/mol. The highest BCUT2D eigenvalue weighted by Crippen LogP contribution is 2.36. The third kappa shape index (κ3) is 2.56. The van der Waals surface area contributed by atoms with E-state index in [0.29, 0.717) is 0 Å². The maximum absolute atomic E-state index is 13.7. The van der Waals surface area contributed by atoms with Crippen molar-refractivity contribution >= 4 is 21.9 Å². The number of benzene rings is 1. The molecule has 2 atom stereocenters. The number of hydrogen-bond acceptors (Lipinski definition) is 4. The summed E-state index contributed by atoms with van der Waals surface area (Å²) in [6, 6.07) is 4.59. The van der Waals surface area contributed by atoms with E-state index in [0.717, 1.165) is 26.0 Å². The van der Waals surface area contributed by atoms with Gasteiger partial charge in [-0.25, -0.2) is 4.39 Å². The molecule has 110 valence electrons. The van der Waals surface area contributed by atoms with Gasteiger partial charge in [0.15, 0.2) is 10.5 Å². The molecule has 0 radical (unpaired) electrons. The summed E-state index contributed by atoms with van der Waals surface area (Å²) in [5.41, 5.74) is -0.490. The molecule has 0 amide bonds. The number of carbonyl (C=O) groups is 2. The van der Waals surface area contributed by atoms with Gasteiger partial charge in [-0.15, -0.1) is 0 Å². The minimum Gasteiger partial charge on any atom is -0.481 e. The zero-order valence-electron chi connectivity index (χ0n) is 10.7. The summed E-state index contributed by atoms with van der Waals surface area (Å²) in [6.45, 7) is 1.58. The minimum absolute atomic E-state index is 0.490. The number of carbonyl (C=O) groups excluding carboxylic acids is 1. The Morgan fingerprint density at radius 1 is 1.30 bits per heavy atom. The second kappa shape index (κ2) is 5.29. The van der Waals surface area contributed by atoms with Crippen LogP contribution in [0.1, 0.15) is 25.3 Å². The zero-order valence-corrected chi connectivity index (χ0v) is 11.5. The Balaban J connectivity index is 3.68. The minimum atomic E-state index is -5.07. The number of ketones is 1. The van der Waals surface area contributed by atoms with Crippen molar-refractivity contribution in [1.29, 1.82) is 0 Å². The molecule has 0 heterocycles. The number of hydrogen-bond donors (Lipinski definition) is 2. The van der Waals surface area contributed by atoms with Gasteiger partial charge in [-0.3, -0.25) is 14.1 Å². The van der Waals surface area contributed by atoms with Gasteiger partial charge in [0.2, 0.25) is 0 Å². The Morgan fingerprint density at radius 2 is 1.80 bits per heavy atom. The predicted octanol–water partition coefficient (Wildman–Crippen LogP) is 1.23. The molecular weight excluding hydrogens is 291 g/mol. The number of rotatable bonds is 5. The smallest absolute Gasteiger partial charge is 0.313 e. The lowest BCUT2D eigenvalue weighted by Crippen LogP contribution is -2.50. The van der Waals surface area contributed by atoms with E-state index in [4.69, 9.17) is 0 Å². The summed E-state index contributed by atoms with van der Waals surface area (Å²) < 4.78 is 43.2. The van der Waals surface area contributed by atoms with Crippen molar-refractivity contribution in [2.24, 2.45) is 0 Å². The van der Waals surface area contributed by atoms with Crippen molar-refractivity contribution in [3.8, 4) is 0 Å². The highest BCUT2D eigenvalue weighted by atomic mass is 32.2. The zero-order chi connectivity index (χ0) is 15.7. The van der Waals surface area contributed by atoms with E-state index in [2.05, 4.69) is 0 Å². The maximum atomic E-state index is 13.7. The molecule has 0 spiro atoms. The Morgan fingerprint density at radius 3 is 2.15 bits per heavy atom. The van der Waals surface area contributed by atoms with Gasteiger partial charge in [0.05, 0.1) is 0 Å². The van der Waals surface area contributed by atoms with E-state index in [1.54, 1.807) is 0 Å². The van der Waals surface area contributed by atoms with Crippen molar-refractivity contribution in [3.05, 3.63) is 35.6 Å². The summed E-state index contributed by atoms with van der Waals surface area (Å²) in [5, 5.41) is 9.20. The van der Waals surface area contributed by atoms with Crippen molar-refractivity contribution < 1.29 is 32.1 Å². The van der Waals surface area contributed by atoms with Crippen molar-refractivity contribution in [3.63, 3.8) is 0 Å². The highest BCUT2D eigenvalue weighted by Gasteiger charge is 2.54. The van der Waals surface area contributed by atoms with Crippen LogP contribution in [0.2, 0.25) is 0 Å². The van der Waals surface area contributed by atoms with E-state index in [9.17, 15) is 32.1 Å². The summed E-state index contributed by atoms with van der Waals surface area (Å²) in [7, 11) is -5.07. The fraction of sp³-hybridized carbons (Fsp3) is 0.333. The topological polar surface area (TPSA) is 109 Å². The summed E-state index contributed by atoms with van der Waals surface area (Å²) in [4.78, 5) is 23.0. The van der Waals surface area contributed by atoms with Gasteiger partial charge in [0.25, 0.3) is 10.1 Å². The molecule has 20 heavy (non-hydrogen) atoms. The Kier molecular flexibility index (Phi) is 4.30. The average molecular weight is 304 g/mol. The number of Topliss-reactive ketones (excluding diaryl/α,β-unsaturated/α-hetero) is 1. The van der Waals surface area contributed by atoms with Gasteiger partial charge < -0.3 is 5.11 Å². The van der Waals surface area contributed by atoms with E-state index in [1.807, 2.05) is 0 Å². The molecule has 2 unspecified atom stereocenters. The molecule has 0 bridgehead atoms. The third-order valence-electron chi connectivity index (χ3n) is 3.25. The fourth-order valence-corrected chi connectivity index (χ4v) is 2.80. The van der Waals surface area contributed by atoms with Crippen molar-refractivity contribution in [1.82, 2.24) is 0 Å². The van der Waals surface area contributed by atoms with E-state index in [1.165, 1.54) is 12.1 Å². The highest BCUT2D eigenvalue weighted by molar-refractivity contribution is 7.88.